The standard InChI is InChI=1S/C23H19ClN2O2S/c1-13-9-14(2)11-17(10-13)25-21-20(19-5-4-8-29-19)22(27)26(23(21)28)18-12-16(24)7-6-15(18)3/h4-12,25H,1-3H3. The number of carbonyl (C=O) groups excluding carboxylic acids is 2. The molecule has 0 unspecified atom stereocenters. The van der Waals surface area contributed by atoms with Crippen molar-refractivity contribution < 1.29 is 9.59 Å². The first kappa shape index (κ1) is 19.4. The van der Waals surface area contributed by atoms with Crippen LogP contribution in [0.1, 0.15) is 21.6 Å². The maximum atomic E-state index is 13.4. The van der Waals surface area contributed by atoms with E-state index in [0.717, 1.165) is 27.3 Å². The molecule has 1 N–H and O–H groups in total. The average Bonchev–Trinajstić information content (AvgIpc) is 3.24. The smallest absolute Gasteiger partial charge is 0.282 e. The highest BCUT2D eigenvalue weighted by atomic mass is 35.5. The van der Waals surface area contributed by atoms with Crippen LogP contribution in [0.4, 0.5) is 11.4 Å². The number of nitrogens with one attached hydrogen (secondary N) is 1. The van der Waals surface area contributed by atoms with E-state index in [1.807, 2.05) is 50.4 Å². The van der Waals surface area contributed by atoms with Gasteiger partial charge in [-0.25, -0.2) is 4.90 Å². The number of carbonyl (C=O) groups is 2. The number of hydrogen-bond acceptors (Lipinski definition) is 4. The number of anilines is 2. The van der Waals surface area contributed by atoms with Gasteiger partial charge >= 0.3 is 0 Å². The number of hydrogen-bond donors (Lipinski definition) is 1. The van der Waals surface area contributed by atoms with Crippen LogP contribution in [0.2, 0.25) is 5.02 Å². The van der Waals surface area contributed by atoms with Crippen LogP contribution in [-0.2, 0) is 9.59 Å². The molecule has 0 saturated heterocycles. The van der Waals surface area contributed by atoms with E-state index in [1.54, 1.807) is 18.2 Å². The Bertz CT molecular complexity index is 1150. The number of halogens is 1. The SMILES string of the molecule is Cc1cc(C)cc(NC2=C(c3cccs3)C(=O)N(c3cc(Cl)ccc3C)C2=O)c1. The van der Waals surface area contributed by atoms with Gasteiger partial charge in [0.2, 0.25) is 0 Å². The first-order valence-electron chi connectivity index (χ1n) is 9.13. The molecular weight excluding hydrogens is 404 g/mol. The summed E-state index contributed by atoms with van der Waals surface area (Å²) in [4.78, 5) is 28.7. The fraction of sp³-hybridized carbons (Fsp3) is 0.130. The summed E-state index contributed by atoms with van der Waals surface area (Å²) >= 11 is 7.58. The van der Waals surface area contributed by atoms with Gasteiger partial charge in [-0.3, -0.25) is 9.59 Å². The van der Waals surface area contributed by atoms with Crippen LogP contribution in [0.25, 0.3) is 5.57 Å². The van der Waals surface area contributed by atoms with Gasteiger partial charge in [-0.1, -0.05) is 29.8 Å². The number of imide groups is 1. The topological polar surface area (TPSA) is 49.4 Å². The number of thiophene rings is 1. The molecule has 0 saturated carbocycles. The predicted octanol–water partition coefficient (Wildman–Crippen LogP) is 5.72. The largest absolute Gasteiger partial charge is 0.350 e. The number of benzene rings is 2. The van der Waals surface area contributed by atoms with Gasteiger partial charge in [0.15, 0.2) is 0 Å². The normalized spacial score (nSPS) is 14.1. The number of nitrogens with zero attached hydrogens (tertiary/aromatic N) is 1. The van der Waals surface area contributed by atoms with Gasteiger partial charge in [0.05, 0.1) is 11.3 Å². The number of aryl methyl sites for hydroxylation is 3. The molecule has 1 aromatic heterocycles. The van der Waals surface area contributed by atoms with Crippen molar-refractivity contribution in [1.82, 2.24) is 0 Å². The molecule has 146 valence electrons. The molecule has 1 aliphatic rings. The zero-order valence-corrected chi connectivity index (χ0v) is 17.8. The lowest BCUT2D eigenvalue weighted by Gasteiger charge is -2.18. The van der Waals surface area contributed by atoms with Crippen molar-refractivity contribution in [3.63, 3.8) is 0 Å². The van der Waals surface area contributed by atoms with Gasteiger partial charge in [0.1, 0.15) is 5.70 Å². The lowest BCUT2D eigenvalue weighted by molar-refractivity contribution is -0.120. The van der Waals surface area contributed by atoms with Crippen LogP contribution in [0.3, 0.4) is 0 Å². The van der Waals surface area contributed by atoms with Crippen LogP contribution >= 0.6 is 22.9 Å². The van der Waals surface area contributed by atoms with Gasteiger partial charge < -0.3 is 5.32 Å². The molecule has 0 fully saturated rings. The molecule has 3 aromatic rings. The lowest BCUT2D eigenvalue weighted by Crippen LogP contribution is -2.33. The minimum Gasteiger partial charge on any atom is -0.350 e. The summed E-state index contributed by atoms with van der Waals surface area (Å²) in [5.41, 5.74) is 4.88. The monoisotopic (exact) mass is 422 g/mol. The summed E-state index contributed by atoms with van der Waals surface area (Å²) in [7, 11) is 0. The minimum atomic E-state index is -0.386. The lowest BCUT2D eigenvalue weighted by atomic mass is 10.1. The van der Waals surface area contributed by atoms with E-state index in [2.05, 4.69) is 11.4 Å². The first-order valence-corrected chi connectivity index (χ1v) is 10.4. The molecule has 2 heterocycles. The summed E-state index contributed by atoms with van der Waals surface area (Å²) in [5.74, 6) is -0.738. The third kappa shape index (κ3) is 3.59. The maximum Gasteiger partial charge on any atom is 0.282 e. The second kappa shape index (κ2) is 7.50. The van der Waals surface area contributed by atoms with Crippen molar-refractivity contribution in [2.24, 2.45) is 0 Å². The van der Waals surface area contributed by atoms with E-state index >= 15 is 0 Å². The van der Waals surface area contributed by atoms with Gasteiger partial charge in [-0.2, -0.15) is 0 Å². The Labute approximate surface area is 178 Å². The molecule has 0 spiro atoms. The Balaban J connectivity index is 1.84. The van der Waals surface area contributed by atoms with E-state index < -0.39 is 0 Å². The van der Waals surface area contributed by atoms with E-state index in [4.69, 9.17) is 11.6 Å². The molecule has 4 rings (SSSR count). The molecule has 6 heteroatoms. The molecule has 1 aliphatic heterocycles. The molecule has 0 bridgehead atoms. The second-order valence-corrected chi connectivity index (χ2v) is 8.49. The van der Waals surface area contributed by atoms with Crippen LogP contribution in [0, 0.1) is 20.8 Å². The molecule has 2 aromatic carbocycles. The van der Waals surface area contributed by atoms with E-state index in [0.29, 0.717) is 16.3 Å². The second-order valence-electron chi connectivity index (χ2n) is 7.11. The van der Waals surface area contributed by atoms with Crippen molar-refractivity contribution in [2.75, 3.05) is 10.2 Å². The first-order chi connectivity index (χ1) is 13.8. The zero-order chi connectivity index (χ0) is 20.7. The molecule has 0 aliphatic carbocycles. The summed E-state index contributed by atoms with van der Waals surface area (Å²) in [5, 5.41) is 5.58. The third-order valence-electron chi connectivity index (χ3n) is 4.75. The van der Waals surface area contributed by atoms with E-state index in [-0.39, 0.29) is 17.5 Å². The number of amides is 2. The van der Waals surface area contributed by atoms with Crippen molar-refractivity contribution in [3.8, 4) is 0 Å². The summed E-state index contributed by atoms with van der Waals surface area (Å²) in [6, 6.07) is 14.9. The highest BCUT2D eigenvalue weighted by molar-refractivity contribution is 7.11. The van der Waals surface area contributed by atoms with Crippen LogP contribution < -0.4 is 10.2 Å². The summed E-state index contributed by atoms with van der Waals surface area (Å²) in [6.07, 6.45) is 0. The van der Waals surface area contributed by atoms with Crippen molar-refractivity contribution in [3.05, 3.63) is 86.2 Å². The Hall–Kier alpha value is -2.89. The van der Waals surface area contributed by atoms with Crippen LogP contribution in [-0.4, -0.2) is 11.8 Å². The van der Waals surface area contributed by atoms with Crippen molar-refractivity contribution in [2.45, 2.75) is 20.8 Å². The Kier molecular flexibility index (Phi) is 5.03. The van der Waals surface area contributed by atoms with Crippen molar-refractivity contribution >= 4 is 51.7 Å². The van der Waals surface area contributed by atoms with Gasteiger partial charge in [-0.15, -0.1) is 11.3 Å². The maximum absolute atomic E-state index is 13.4. The van der Waals surface area contributed by atoms with Gasteiger partial charge in [-0.05, 0) is 73.2 Å². The summed E-state index contributed by atoms with van der Waals surface area (Å²) < 4.78 is 0. The van der Waals surface area contributed by atoms with E-state index in [1.165, 1.54) is 16.2 Å². The minimum absolute atomic E-state index is 0.279. The van der Waals surface area contributed by atoms with Gasteiger partial charge in [0, 0.05) is 15.6 Å². The van der Waals surface area contributed by atoms with Gasteiger partial charge in [0.25, 0.3) is 11.8 Å². The van der Waals surface area contributed by atoms with Crippen molar-refractivity contribution in [1.29, 1.82) is 0 Å². The highest BCUT2D eigenvalue weighted by Crippen LogP contribution is 2.37. The van der Waals surface area contributed by atoms with E-state index in [9.17, 15) is 9.59 Å². The number of rotatable bonds is 4. The molecule has 29 heavy (non-hydrogen) atoms. The third-order valence-corrected chi connectivity index (χ3v) is 5.88. The summed E-state index contributed by atoms with van der Waals surface area (Å²) in [6.45, 7) is 5.85. The molecule has 0 atom stereocenters. The Morgan fingerprint density at radius 1 is 0.931 bits per heavy atom. The molecular formula is C23H19ClN2O2S. The zero-order valence-electron chi connectivity index (χ0n) is 16.2. The predicted molar refractivity (Wildman–Crippen MR) is 119 cm³/mol. The quantitative estimate of drug-likeness (QED) is 0.547. The van der Waals surface area contributed by atoms with Crippen LogP contribution in [0.15, 0.2) is 59.6 Å². The molecule has 4 nitrogen and oxygen atoms in total. The van der Waals surface area contributed by atoms with Crippen LogP contribution in [0.5, 0.6) is 0 Å². The fourth-order valence-electron chi connectivity index (χ4n) is 3.53. The molecule has 0 radical (unpaired) electrons. The highest BCUT2D eigenvalue weighted by Gasteiger charge is 2.41. The average molecular weight is 423 g/mol. The Morgan fingerprint density at radius 3 is 2.31 bits per heavy atom. The fourth-order valence-corrected chi connectivity index (χ4v) is 4.46. The molecule has 2 amide bonds. The Morgan fingerprint density at radius 2 is 1.66 bits per heavy atom.